The number of benzene rings is 2. The molecule has 2 aromatic carbocycles. The Labute approximate surface area is 193 Å². The van der Waals surface area contributed by atoms with Crippen LogP contribution in [0.3, 0.4) is 0 Å². The van der Waals surface area contributed by atoms with Gasteiger partial charge in [-0.1, -0.05) is 30.7 Å². The van der Waals surface area contributed by atoms with Crippen molar-refractivity contribution in [3.05, 3.63) is 64.2 Å². The van der Waals surface area contributed by atoms with Crippen LogP contribution in [0.4, 0.5) is 0 Å². The van der Waals surface area contributed by atoms with Gasteiger partial charge in [-0.25, -0.2) is 0 Å². The Hall–Kier alpha value is -2.99. The summed E-state index contributed by atoms with van der Waals surface area (Å²) in [4.78, 5) is 27.3. The number of aliphatic hydroxyl groups is 1. The molecule has 3 rings (SSSR count). The van der Waals surface area contributed by atoms with Crippen molar-refractivity contribution < 1.29 is 24.2 Å². The molecular formula is C25H28ClNO5. The quantitative estimate of drug-likeness (QED) is 0.328. The Kier molecular flexibility index (Phi) is 7.46. The van der Waals surface area contributed by atoms with E-state index in [9.17, 15) is 14.7 Å². The number of nitrogens with zero attached hydrogens (tertiary/aromatic N) is 1. The first-order valence-corrected chi connectivity index (χ1v) is 11.1. The maximum absolute atomic E-state index is 13.0. The van der Waals surface area contributed by atoms with Gasteiger partial charge in [-0.2, -0.15) is 0 Å². The second-order valence-electron chi connectivity index (χ2n) is 7.81. The molecule has 7 heteroatoms. The zero-order chi connectivity index (χ0) is 23.4. The first-order chi connectivity index (χ1) is 15.3. The largest absolute Gasteiger partial charge is 0.507 e. The maximum atomic E-state index is 13.0. The highest BCUT2D eigenvalue weighted by Gasteiger charge is 2.45. The van der Waals surface area contributed by atoms with E-state index in [1.807, 2.05) is 39.8 Å². The summed E-state index contributed by atoms with van der Waals surface area (Å²) >= 11 is 6.17. The van der Waals surface area contributed by atoms with Crippen molar-refractivity contribution in [3.63, 3.8) is 0 Å². The molecule has 1 heterocycles. The fraction of sp³-hybridized carbons (Fsp3) is 0.360. The lowest BCUT2D eigenvalue weighted by atomic mass is 9.95. The Balaban J connectivity index is 2.11. The highest BCUT2D eigenvalue weighted by Crippen LogP contribution is 2.40. The predicted octanol–water partition coefficient (Wildman–Crippen LogP) is 5.36. The molecule has 32 heavy (non-hydrogen) atoms. The minimum atomic E-state index is -0.712. The summed E-state index contributed by atoms with van der Waals surface area (Å²) in [6.07, 6.45) is 0.698. The lowest BCUT2D eigenvalue weighted by molar-refractivity contribution is -0.139. The van der Waals surface area contributed by atoms with Crippen LogP contribution >= 0.6 is 11.6 Å². The van der Waals surface area contributed by atoms with Crippen molar-refractivity contribution >= 4 is 29.1 Å². The van der Waals surface area contributed by atoms with Gasteiger partial charge in [0.15, 0.2) is 0 Å². The predicted molar refractivity (Wildman–Crippen MR) is 124 cm³/mol. The first-order valence-electron chi connectivity index (χ1n) is 10.8. The number of halogens is 1. The summed E-state index contributed by atoms with van der Waals surface area (Å²) in [6.45, 7) is 8.42. The number of rotatable bonds is 8. The minimum absolute atomic E-state index is 0.0241. The molecule has 0 aromatic heterocycles. The molecule has 1 amide bonds. The normalized spacial score (nSPS) is 17.8. The van der Waals surface area contributed by atoms with Crippen molar-refractivity contribution in [2.24, 2.45) is 0 Å². The van der Waals surface area contributed by atoms with Gasteiger partial charge in [-0.15, -0.1) is 0 Å². The van der Waals surface area contributed by atoms with Crippen LogP contribution in [0.5, 0.6) is 11.5 Å². The van der Waals surface area contributed by atoms with Gasteiger partial charge in [0.1, 0.15) is 17.3 Å². The molecule has 1 N–H and O–H groups in total. The zero-order valence-corrected chi connectivity index (χ0v) is 19.5. The molecule has 0 saturated carbocycles. The Morgan fingerprint density at radius 1 is 1.12 bits per heavy atom. The lowest BCUT2D eigenvalue weighted by Gasteiger charge is -2.25. The highest BCUT2D eigenvalue weighted by atomic mass is 35.5. The summed E-state index contributed by atoms with van der Waals surface area (Å²) in [5.41, 5.74) is 1.12. The number of hydrogen-bond acceptors (Lipinski definition) is 5. The molecule has 2 aromatic rings. The molecule has 1 aliphatic heterocycles. The van der Waals surface area contributed by atoms with Crippen LogP contribution < -0.4 is 9.47 Å². The third-order valence-electron chi connectivity index (χ3n) is 5.08. The average Bonchev–Trinajstić information content (AvgIpc) is 3.00. The smallest absolute Gasteiger partial charge is 0.295 e. The Bertz CT molecular complexity index is 1030. The van der Waals surface area contributed by atoms with E-state index >= 15 is 0 Å². The third kappa shape index (κ3) is 4.75. The monoisotopic (exact) mass is 457 g/mol. The van der Waals surface area contributed by atoms with Gasteiger partial charge in [0.25, 0.3) is 11.7 Å². The molecule has 0 aliphatic carbocycles. The number of carbonyl (C=O) groups is 2. The van der Waals surface area contributed by atoms with Gasteiger partial charge in [0, 0.05) is 12.1 Å². The maximum Gasteiger partial charge on any atom is 0.295 e. The van der Waals surface area contributed by atoms with Crippen LogP contribution in [0.1, 0.15) is 51.3 Å². The highest BCUT2D eigenvalue weighted by molar-refractivity contribution is 6.46. The molecule has 0 bridgehead atoms. The summed E-state index contributed by atoms with van der Waals surface area (Å²) in [5, 5.41) is 11.5. The van der Waals surface area contributed by atoms with Crippen molar-refractivity contribution in [2.45, 2.75) is 46.3 Å². The second kappa shape index (κ2) is 10.1. The molecule has 1 fully saturated rings. The summed E-state index contributed by atoms with van der Waals surface area (Å²) < 4.78 is 11.2. The summed E-state index contributed by atoms with van der Waals surface area (Å²) in [7, 11) is 0. The van der Waals surface area contributed by atoms with Gasteiger partial charge in [0.2, 0.25) is 0 Å². The van der Waals surface area contributed by atoms with Crippen molar-refractivity contribution in [1.82, 2.24) is 4.90 Å². The van der Waals surface area contributed by atoms with Crippen LogP contribution in [-0.4, -0.2) is 41.0 Å². The molecule has 1 unspecified atom stereocenters. The molecule has 1 saturated heterocycles. The number of amides is 1. The number of Topliss-reactive ketones (excluding diaryl/α,β-unsaturated/α-hetero) is 1. The van der Waals surface area contributed by atoms with E-state index in [4.69, 9.17) is 21.1 Å². The van der Waals surface area contributed by atoms with Crippen molar-refractivity contribution in [3.8, 4) is 11.5 Å². The summed E-state index contributed by atoms with van der Waals surface area (Å²) in [5.74, 6) is -0.508. The molecule has 170 valence electrons. The van der Waals surface area contributed by atoms with E-state index in [2.05, 4.69) is 0 Å². The van der Waals surface area contributed by atoms with Crippen LogP contribution in [0.15, 0.2) is 48.0 Å². The first kappa shape index (κ1) is 23.7. The van der Waals surface area contributed by atoms with E-state index < -0.39 is 17.7 Å². The van der Waals surface area contributed by atoms with E-state index in [1.165, 1.54) is 4.90 Å². The molecule has 0 spiro atoms. The zero-order valence-electron chi connectivity index (χ0n) is 18.7. The standard InChI is InChI=1S/C25H28ClNO5/c1-5-13-27-22(16-7-10-18(11-8-16)32-15(3)4)21(24(29)25(27)30)23(28)17-9-12-19(26)20(14-17)31-6-2/h7-12,14-15,22,28H,5-6,13H2,1-4H3/b23-21-. The fourth-order valence-electron chi connectivity index (χ4n) is 3.77. The third-order valence-corrected chi connectivity index (χ3v) is 5.39. The van der Waals surface area contributed by atoms with Gasteiger partial charge >= 0.3 is 0 Å². The number of hydrogen-bond donors (Lipinski definition) is 1. The van der Waals surface area contributed by atoms with E-state index in [0.717, 1.165) is 0 Å². The SMILES string of the molecule is CCCN1C(=O)C(=O)/C(=C(\O)c2ccc(Cl)c(OCC)c2)C1c1ccc(OC(C)C)cc1. The molecule has 1 atom stereocenters. The van der Waals surface area contributed by atoms with Gasteiger partial charge in [0.05, 0.1) is 29.3 Å². The van der Waals surface area contributed by atoms with Gasteiger partial charge in [-0.3, -0.25) is 9.59 Å². The van der Waals surface area contributed by atoms with Crippen LogP contribution in [0.2, 0.25) is 5.02 Å². The number of aliphatic hydroxyl groups excluding tert-OH is 1. The van der Waals surface area contributed by atoms with E-state index in [-0.39, 0.29) is 17.4 Å². The summed E-state index contributed by atoms with van der Waals surface area (Å²) in [6, 6.07) is 11.3. The van der Waals surface area contributed by atoms with Crippen LogP contribution in [0, 0.1) is 0 Å². The minimum Gasteiger partial charge on any atom is -0.507 e. The molecule has 1 aliphatic rings. The van der Waals surface area contributed by atoms with Gasteiger partial charge in [-0.05, 0) is 63.1 Å². The molecule has 6 nitrogen and oxygen atoms in total. The number of ether oxygens (including phenoxy) is 2. The number of carbonyl (C=O) groups excluding carboxylic acids is 2. The van der Waals surface area contributed by atoms with Gasteiger partial charge < -0.3 is 19.5 Å². The second-order valence-corrected chi connectivity index (χ2v) is 8.21. The number of likely N-dealkylation sites (tertiary alicyclic amines) is 1. The number of ketones is 1. The molecular weight excluding hydrogens is 430 g/mol. The van der Waals surface area contributed by atoms with Crippen molar-refractivity contribution in [2.75, 3.05) is 13.2 Å². The topological polar surface area (TPSA) is 76.1 Å². The Morgan fingerprint density at radius 2 is 1.81 bits per heavy atom. The van der Waals surface area contributed by atoms with E-state index in [0.29, 0.717) is 47.2 Å². The Morgan fingerprint density at radius 3 is 2.41 bits per heavy atom. The van der Waals surface area contributed by atoms with Crippen LogP contribution in [0.25, 0.3) is 5.76 Å². The van der Waals surface area contributed by atoms with Crippen LogP contribution in [-0.2, 0) is 9.59 Å². The average molecular weight is 458 g/mol. The van der Waals surface area contributed by atoms with E-state index in [1.54, 1.807) is 30.3 Å². The lowest BCUT2D eigenvalue weighted by Crippen LogP contribution is -2.30. The van der Waals surface area contributed by atoms with Crippen molar-refractivity contribution in [1.29, 1.82) is 0 Å². The molecule has 0 radical (unpaired) electrons. The fourth-order valence-corrected chi connectivity index (χ4v) is 3.94.